The van der Waals surface area contributed by atoms with Gasteiger partial charge in [-0.05, 0) is 30.3 Å². The highest BCUT2D eigenvalue weighted by Crippen LogP contribution is 2.22. The minimum absolute atomic E-state index is 0.109. The maximum atomic E-state index is 13.8. The largest absolute Gasteiger partial charge is 0.469 e. The van der Waals surface area contributed by atoms with Gasteiger partial charge in [-0.2, -0.15) is 4.99 Å². The minimum Gasteiger partial charge on any atom is -0.469 e. The number of nitrogens with zero attached hydrogens (tertiary/aromatic N) is 2. The third-order valence-electron chi connectivity index (χ3n) is 3.71. The molecule has 1 amide bonds. The number of esters is 1. The Balaban J connectivity index is 2.10. The van der Waals surface area contributed by atoms with E-state index in [4.69, 9.17) is 11.6 Å². The van der Waals surface area contributed by atoms with Crippen LogP contribution in [0.1, 0.15) is 16.8 Å². The van der Waals surface area contributed by atoms with E-state index in [-0.39, 0.29) is 24.5 Å². The molecule has 3 rings (SSSR count). The minimum atomic E-state index is -0.687. The predicted octanol–water partition coefficient (Wildman–Crippen LogP) is 3.80. The number of benzene rings is 2. The molecular weight excluding hydrogens is 379 g/mol. The van der Waals surface area contributed by atoms with E-state index in [0.29, 0.717) is 9.82 Å². The first-order valence-corrected chi connectivity index (χ1v) is 8.88. The predicted molar refractivity (Wildman–Crippen MR) is 97.8 cm³/mol. The first-order valence-electron chi connectivity index (χ1n) is 7.69. The average Bonchev–Trinajstić information content (AvgIpc) is 2.95. The third kappa shape index (κ3) is 3.84. The summed E-state index contributed by atoms with van der Waals surface area (Å²) in [4.78, 5) is 28.3. The summed E-state index contributed by atoms with van der Waals surface area (Å²) in [5.74, 6) is -1.70. The summed E-state index contributed by atoms with van der Waals surface area (Å²) in [6, 6.07) is 10.9. The summed E-state index contributed by atoms with van der Waals surface area (Å²) in [7, 11) is 1.31. The second kappa shape index (κ2) is 7.80. The molecule has 0 radical (unpaired) electrons. The van der Waals surface area contributed by atoms with Gasteiger partial charge < -0.3 is 9.30 Å². The zero-order valence-corrected chi connectivity index (χ0v) is 15.3. The van der Waals surface area contributed by atoms with Gasteiger partial charge in [-0.15, -0.1) is 0 Å². The Morgan fingerprint density at radius 2 is 2.04 bits per heavy atom. The van der Waals surface area contributed by atoms with Crippen LogP contribution in [-0.4, -0.2) is 23.6 Å². The number of rotatable bonds is 4. The normalized spacial score (nSPS) is 11.7. The number of aromatic nitrogens is 1. The molecule has 134 valence electrons. The maximum absolute atomic E-state index is 13.8. The average molecular weight is 393 g/mol. The molecule has 2 aromatic carbocycles. The van der Waals surface area contributed by atoms with E-state index in [1.807, 2.05) is 0 Å². The molecular formula is C18H14ClFN2O3S. The number of carbonyl (C=O) groups excluding carboxylic acids is 2. The molecule has 0 unspecified atom stereocenters. The van der Waals surface area contributed by atoms with Crippen LogP contribution >= 0.6 is 22.9 Å². The number of methoxy groups -OCH3 is 1. The number of halogens is 2. The second-order valence-corrected chi connectivity index (χ2v) is 6.82. The number of amides is 1. The summed E-state index contributed by atoms with van der Waals surface area (Å²) in [5.41, 5.74) is 0.672. The molecule has 1 heterocycles. The number of carbonyl (C=O) groups is 2. The lowest BCUT2D eigenvalue weighted by Crippen LogP contribution is -2.19. The first-order chi connectivity index (χ1) is 12.5. The van der Waals surface area contributed by atoms with Gasteiger partial charge in [0.1, 0.15) is 5.82 Å². The van der Waals surface area contributed by atoms with Crippen molar-refractivity contribution in [2.45, 2.75) is 13.0 Å². The quantitative estimate of drug-likeness (QED) is 0.634. The molecule has 0 spiro atoms. The van der Waals surface area contributed by atoms with Crippen LogP contribution in [0.5, 0.6) is 0 Å². The van der Waals surface area contributed by atoms with Crippen molar-refractivity contribution in [3.8, 4) is 0 Å². The molecule has 1 aromatic heterocycles. The van der Waals surface area contributed by atoms with Gasteiger partial charge in [0, 0.05) is 11.6 Å². The monoisotopic (exact) mass is 392 g/mol. The standard InChI is InChI=1S/C18H14ClFN2O3S/c1-25-16(23)8-9-22-14-7-6-11(19)10-15(14)26-18(22)21-17(24)12-4-2-3-5-13(12)20/h2-7,10H,8-9H2,1H3. The van der Waals surface area contributed by atoms with Crippen LogP contribution in [0, 0.1) is 5.82 Å². The molecule has 8 heteroatoms. The van der Waals surface area contributed by atoms with E-state index in [2.05, 4.69) is 9.73 Å². The second-order valence-electron chi connectivity index (χ2n) is 5.37. The van der Waals surface area contributed by atoms with Crippen LogP contribution < -0.4 is 4.80 Å². The van der Waals surface area contributed by atoms with Gasteiger partial charge in [-0.3, -0.25) is 9.59 Å². The lowest BCUT2D eigenvalue weighted by molar-refractivity contribution is -0.140. The number of thiazole rings is 1. The van der Waals surface area contributed by atoms with Gasteiger partial charge >= 0.3 is 5.97 Å². The molecule has 5 nitrogen and oxygen atoms in total. The van der Waals surface area contributed by atoms with Gasteiger partial charge in [-0.1, -0.05) is 35.1 Å². The first kappa shape index (κ1) is 18.3. The van der Waals surface area contributed by atoms with Crippen LogP contribution in [0.3, 0.4) is 0 Å². The van der Waals surface area contributed by atoms with E-state index in [1.165, 1.54) is 36.6 Å². The summed E-state index contributed by atoms with van der Waals surface area (Å²) in [6.45, 7) is 0.275. The van der Waals surface area contributed by atoms with E-state index in [1.54, 1.807) is 28.8 Å². The maximum Gasteiger partial charge on any atom is 0.307 e. The van der Waals surface area contributed by atoms with Crippen LogP contribution in [0.2, 0.25) is 5.02 Å². The van der Waals surface area contributed by atoms with Crippen molar-refractivity contribution in [2.24, 2.45) is 4.99 Å². The highest BCUT2D eigenvalue weighted by molar-refractivity contribution is 7.16. The van der Waals surface area contributed by atoms with E-state index in [9.17, 15) is 14.0 Å². The fraction of sp³-hybridized carbons (Fsp3) is 0.167. The van der Waals surface area contributed by atoms with Crippen LogP contribution in [0.15, 0.2) is 47.5 Å². The zero-order chi connectivity index (χ0) is 18.7. The van der Waals surface area contributed by atoms with Crippen LogP contribution in [0.4, 0.5) is 4.39 Å². The number of hydrogen-bond donors (Lipinski definition) is 0. The Labute approximate surface area is 157 Å². The van der Waals surface area contributed by atoms with Crippen molar-refractivity contribution in [2.75, 3.05) is 7.11 Å². The number of ether oxygens (including phenoxy) is 1. The zero-order valence-electron chi connectivity index (χ0n) is 13.7. The number of hydrogen-bond acceptors (Lipinski definition) is 4. The molecule has 0 aliphatic heterocycles. The fourth-order valence-electron chi connectivity index (χ4n) is 2.44. The van der Waals surface area contributed by atoms with E-state index >= 15 is 0 Å². The molecule has 0 bridgehead atoms. The molecule has 3 aromatic rings. The van der Waals surface area contributed by atoms with Crippen molar-refractivity contribution in [3.63, 3.8) is 0 Å². The highest BCUT2D eigenvalue weighted by Gasteiger charge is 2.13. The van der Waals surface area contributed by atoms with Crippen LogP contribution in [-0.2, 0) is 16.1 Å². The molecule has 0 aliphatic rings. The lowest BCUT2D eigenvalue weighted by atomic mass is 10.2. The highest BCUT2D eigenvalue weighted by atomic mass is 35.5. The van der Waals surface area contributed by atoms with Gasteiger partial charge in [0.05, 0.1) is 29.3 Å². The molecule has 0 saturated carbocycles. The SMILES string of the molecule is COC(=O)CCn1c(=NC(=O)c2ccccc2F)sc2cc(Cl)ccc21. The Hall–Kier alpha value is -2.51. The van der Waals surface area contributed by atoms with Crippen molar-refractivity contribution in [1.82, 2.24) is 4.57 Å². The Morgan fingerprint density at radius 3 is 2.77 bits per heavy atom. The summed E-state index contributed by atoms with van der Waals surface area (Å²) >= 11 is 7.27. The molecule has 0 N–H and O–H groups in total. The smallest absolute Gasteiger partial charge is 0.307 e. The number of fused-ring (bicyclic) bond motifs is 1. The molecule has 0 fully saturated rings. The lowest BCUT2D eigenvalue weighted by Gasteiger charge is -2.04. The Bertz CT molecular complexity index is 1060. The number of aryl methyl sites for hydroxylation is 1. The van der Waals surface area contributed by atoms with Crippen molar-refractivity contribution >= 4 is 45.0 Å². The Morgan fingerprint density at radius 1 is 1.27 bits per heavy atom. The fourth-order valence-corrected chi connectivity index (χ4v) is 3.77. The molecule has 26 heavy (non-hydrogen) atoms. The van der Waals surface area contributed by atoms with E-state index in [0.717, 1.165) is 10.2 Å². The van der Waals surface area contributed by atoms with Crippen LogP contribution in [0.25, 0.3) is 10.2 Å². The summed E-state index contributed by atoms with van der Waals surface area (Å²) in [6.07, 6.45) is 0.117. The Kier molecular flexibility index (Phi) is 5.49. The summed E-state index contributed by atoms with van der Waals surface area (Å²) < 4.78 is 21.0. The van der Waals surface area contributed by atoms with Gasteiger partial charge in [0.2, 0.25) is 0 Å². The van der Waals surface area contributed by atoms with E-state index < -0.39 is 11.7 Å². The van der Waals surface area contributed by atoms with Gasteiger partial charge in [-0.25, -0.2) is 4.39 Å². The molecule has 0 aliphatic carbocycles. The van der Waals surface area contributed by atoms with Crippen molar-refractivity contribution in [1.29, 1.82) is 0 Å². The topological polar surface area (TPSA) is 60.7 Å². The molecule has 0 saturated heterocycles. The third-order valence-corrected chi connectivity index (χ3v) is 4.99. The van der Waals surface area contributed by atoms with Crippen molar-refractivity contribution in [3.05, 3.63) is 63.7 Å². The van der Waals surface area contributed by atoms with Crippen molar-refractivity contribution < 1.29 is 18.7 Å². The van der Waals surface area contributed by atoms with Gasteiger partial charge in [0.15, 0.2) is 4.80 Å². The molecule has 0 atom stereocenters. The summed E-state index contributed by atoms with van der Waals surface area (Å²) in [5, 5.41) is 0.547. The van der Waals surface area contributed by atoms with Gasteiger partial charge in [0.25, 0.3) is 5.91 Å².